The van der Waals surface area contributed by atoms with Crippen molar-refractivity contribution in [2.45, 2.75) is 20.4 Å². The van der Waals surface area contributed by atoms with Crippen LogP contribution in [0, 0.1) is 6.92 Å². The second-order valence-electron chi connectivity index (χ2n) is 4.57. The Bertz CT molecular complexity index is 578. The van der Waals surface area contributed by atoms with Crippen LogP contribution in [0.15, 0.2) is 18.3 Å². The first-order chi connectivity index (χ1) is 9.71. The van der Waals surface area contributed by atoms with Gasteiger partial charge in [0.2, 0.25) is 0 Å². The van der Waals surface area contributed by atoms with Gasteiger partial charge in [-0.05, 0) is 31.2 Å². The molecule has 0 bridgehead atoms. The van der Waals surface area contributed by atoms with Crippen LogP contribution in [-0.4, -0.2) is 31.0 Å². The van der Waals surface area contributed by atoms with Crippen molar-refractivity contribution in [1.29, 1.82) is 0 Å². The molecule has 0 spiro atoms. The molecule has 0 aliphatic heterocycles. The summed E-state index contributed by atoms with van der Waals surface area (Å²) in [6.45, 7) is 5.85. The third-order valence-electron chi connectivity index (χ3n) is 3.28. The Labute approximate surface area is 119 Å². The minimum absolute atomic E-state index is 0.720. The molecule has 0 fully saturated rings. The van der Waals surface area contributed by atoms with Crippen LogP contribution >= 0.6 is 0 Å². The van der Waals surface area contributed by atoms with E-state index in [1.807, 2.05) is 18.3 Å². The molecule has 0 atom stereocenters. The number of methoxy groups -OCH3 is 2. The van der Waals surface area contributed by atoms with Crippen molar-refractivity contribution >= 4 is 0 Å². The number of rotatable bonds is 6. The van der Waals surface area contributed by atoms with E-state index in [4.69, 9.17) is 9.47 Å². The second-order valence-corrected chi connectivity index (χ2v) is 4.57. The first-order valence-corrected chi connectivity index (χ1v) is 6.67. The van der Waals surface area contributed by atoms with Gasteiger partial charge >= 0.3 is 0 Å². The van der Waals surface area contributed by atoms with E-state index in [0.717, 1.165) is 47.0 Å². The van der Waals surface area contributed by atoms with Gasteiger partial charge in [-0.25, -0.2) is 0 Å². The van der Waals surface area contributed by atoms with E-state index in [0.29, 0.717) is 0 Å². The fraction of sp³-hybridized carbons (Fsp3) is 0.400. The lowest BCUT2D eigenvalue weighted by Gasteiger charge is -2.13. The third kappa shape index (κ3) is 2.77. The zero-order valence-electron chi connectivity index (χ0n) is 12.4. The standard InChI is InChI=1S/C15H21N3O2/c1-5-16-8-11-9-17-18-15(11)12-7-14(20-4)13(19-3)6-10(12)2/h6-7,9,16H,5,8H2,1-4H3,(H,17,18). The average Bonchev–Trinajstić information content (AvgIpc) is 2.92. The van der Waals surface area contributed by atoms with E-state index >= 15 is 0 Å². The molecule has 0 aliphatic rings. The van der Waals surface area contributed by atoms with Crippen molar-refractivity contribution in [3.05, 3.63) is 29.5 Å². The number of ether oxygens (including phenoxy) is 2. The minimum atomic E-state index is 0.720. The van der Waals surface area contributed by atoms with Gasteiger partial charge < -0.3 is 14.8 Å². The van der Waals surface area contributed by atoms with Gasteiger partial charge in [-0.1, -0.05) is 6.92 Å². The lowest BCUT2D eigenvalue weighted by molar-refractivity contribution is 0.355. The highest BCUT2D eigenvalue weighted by atomic mass is 16.5. The molecule has 2 rings (SSSR count). The van der Waals surface area contributed by atoms with Gasteiger partial charge in [0.1, 0.15) is 0 Å². The number of aromatic nitrogens is 2. The number of hydrogen-bond donors (Lipinski definition) is 2. The summed E-state index contributed by atoms with van der Waals surface area (Å²) in [5.41, 5.74) is 4.35. The lowest BCUT2D eigenvalue weighted by atomic mass is 10.0. The van der Waals surface area contributed by atoms with Crippen LogP contribution in [0.3, 0.4) is 0 Å². The van der Waals surface area contributed by atoms with E-state index in [9.17, 15) is 0 Å². The molecule has 2 aromatic rings. The smallest absolute Gasteiger partial charge is 0.161 e. The Kier molecular flexibility index (Phi) is 4.63. The van der Waals surface area contributed by atoms with E-state index in [-0.39, 0.29) is 0 Å². The summed E-state index contributed by atoms with van der Waals surface area (Å²) in [5, 5.41) is 10.5. The molecule has 2 N–H and O–H groups in total. The summed E-state index contributed by atoms with van der Waals surface area (Å²) in [7, 11) is 3.28. The van der Waals surface area contributed by atoms with Gasteiger partial charge in [-0.15, -0.1) is 0 Å². The molecule has 5 nitrogen and oxygen atoms in total. The van der Waals surface area contributed by atoms with Crippen LogP contribution in [0.5, 0.6) is 11.5 Å². The largest absolute Gasteiger partial charge is 0.493 e. The number of nitrogens with zero attached hydrogens (tertiary/aromatic N) is 1. The van der Waals surface area contributed by atoms with Gasteiger partial charge in [0.25, 0.3) is 0 Å². The van der Waals surface area contributed by atoms with Gasteiger partial charge in [0.15, 0.2) is 11.5 Å². The Hall–Kier alpha value is -2.01. The fourth-order valence-corrected chi connectivity index (χ4v) is 2.19. The molecule has 0 saturated carbocycles. The zero-order valence-corrected chi connectivity index (χ0v) is 12.4. The highest BCUT2D eigenvalue weighted by Gasteiger charge is 2.14. The number of hydrogen-bond acceptors (Lipinski definition) is 4. The normalized spacial score (nSPS) is 10.6. The van der Waals surface area contributed by atoms with Crippen LogP contribution in [-0.2, 0) is 6.54 Å². The van der Waals surface area contributed by atoms with Crippen LogP contribution in [0.2, 0.25) is 0 Å². The van der Waals surface area contributed by atoms with Crippen molar-refractivity contribution in [1.82, 2.24) is 15.5 Å². The third-order valence-corrected chi connectivity index (χ3v) is 3.28. The van der Waals surface area contributed by atoms with Crippen molar-refractivity contribution in [3.63, 3.8) is 0 Å². The van der Waals surface area contributed by atoms with Gasteiger partial charge in [-0.2, -0.15) is 5.10 Å². The molecule has 1 aromatic carbocycles. The molecular formula is C15H21N3O2. The molecule has 20 heavy (non-hydrogen) atoms. The molecule has 5 heteroatoms. The first-order valence-electron chi connectivity index (χ1n) is 6.67. The molecular weight excluding hydrogens is 254 g/mol. The second kappa shape index (κ2) is 6.43. The highest BCUT2D eigenvalue weighted by molar-refractivity contribution is 5.70. The molecule has 0 aliphatic carbocycles. The molecule has 1 aromatic heterocycles. The Morgan fingerprint density at radius 3 is 2.55 bits per heavy atom. The SMILES string of the molecule is CCNCc1cn[nH]c1-c1cc(OC)c(OC)cc1C. The summed E-state index contributed by atoms with van der Waals surface area (Å²) in [6.07, 6.45) is 1.86. The maximum atomic E-state index is 5.38. The number of nitrogens with one attached hydrogen (secondary N) is 2. The topological polar surface area (TPSA) is 59.2 Å². The molecule has 0 radical (unpaired) electrons. The summed E-state index contributed by atoms with van der Waals surface area (Å²) in [5.74, 6) is 1.46. The summed E-state index contributed by atoms with van der Waals surface area (Å²) in [6, 6.07) is 3.96. The Morgan fingerprint density at radius 1 is 1.20 bits per heavy atom. The minimum Gasteiger partial charge on any atom is -0.493 e. The predicted molar refractivity (Wildman–Crippen MR) is 79.2 cm³/mol. The van der Waals surface area contributed by atoms with E-state index in [1.165, 1.54) is 0 Å². The first kappa shape index (κ1) is 14.4. The quantitative estimate of drug-likeness (QED) is 0.850. The van der Waals surface area contributed by atoms with Gasteiger partial charge in [-0.3, -0.25) is 5.10 Å². The Morgan fingerprint density at radius 2 is 1.90 bits per heavy atom. The van der Waals surface area contributed by atoms with Gasteiger partial charge in [0.05, 0.1) is 26.1 Å². The maximum Gasteiger partial charge on any atom is 0.161 e. The molecule has 0 saturated heterocycles. The number of aromatic amines is 1. The number of H-pyrrole nitrogens is 1. The number of aryl methyl sites for hydroxylation is 1. The summed E-state index contributed by atoms with van der Waals surface area (Å²) >= 11 is 0. The van der Waals surface area contributed by atoms with E-state index in [2.05, 4.69) is 29.4 Å². The van der Waals surface area contributed by atoms with E-state index in [1.54, 1.807) is 14.2 Å². The summed E-state index contributed by atoms with van der Waals surface area (Å²) in [4.78, 5) is 0. The van der Waals surface area contributed by atoms with Crippen LogP contribution in [0.4, 0.5) is 0 Å². The van der Waals surface area contributed by atoms with Crippen molar-refractivity contribution < 1.29 is 9.47 Å². The van der Waals surface area contributed by atoms with Crippen LogP contribution in [0.1, 0.15) is 18.1 Å². The van der Waals surface area contributed by atoms with Crippen molar-refractivity contribution in [3.8, 4) is 22.8 Å². The number of benzene rings is 1. The molecule has 1 heterocycles. The average molecular weight is 275 g/mol. The Balaban J connectivity index is 2.44. The lowest BCUT2D eigenvalue weighted by Crippen LogP contribution is -2.11. The monoisotopic (exact) mass is 275 g/mol. The van der Waals surface area contributed by atoms with Crippen LogP contribution in [0.25, 0.3) is 11.3 Å². The van der Waals surface area contributed by atoms with Gasteiger partial charge in [0, 0.05) is 17.7 Å². The van der Waals surface area contributed by atoms with Crippen LogP contribution < -0.4 is 14.8 Å². The molecule has 0 amide bonds. The fourth-order valence-electron chi connectivity index (χ4n) is 2.19. The molecule has 108 valence electrons. The zero-order chi connectivity index (χ0) is 14.5. The predicted octanol–water partition coefficient (Wildman–Crippen LogP) is 2.51. The highest BCUT2D eigenvalue weighted by Crippen LogP contribution is 2.35. The summed E-state index contributed by atoms with van der Waals surface area (Å²) < 4.78 is 10.7. The van der Waals surface area contributed by atoms with Crippen molar-refractivity contribution in [2.24, 2.45) is 0 Å². The maximum absolute atomic E-state index is 5.38. The van der Waals surface area contributed by atoms with E-state index < -0.39 is 0 Å². The molecule has 0 unspecified atom stereocenters. The van der Waals surface area contributed by atoms with Crippen molar-refractivity contribution in [2.75, 3.05) is 20.8 Å².